The summed E-state index contributed by atoms with van der Waals surface area (Å²) in [6, 6.07) is 14.7. The largest absolute Gasteiger partial charge is 0.497 e. The van der Waals surface area contributed by atoms with Crippen LogP contribution in [0.3, 0.4) is 0 Å². The van der Waals surface area contributed by atoms with Gasteiger partial charge >= 0.3 is 0 Å². The summed E-state index contributed by atoms with van der Waals surface area (Å²) in [5.74, 6) is 1.17. The summed E-state index contributed by atoms with van der Waals surface area (Å²) in [5, 5.41) is 2.80. The highest BCUT2D eigenvalue weighted by molar-refractivity contribution is 5.94. The number of ether oxygens (including phenoxy) is 2. The molecule has 0 unspecified atom stereocenters. The Kier molecular flexibility index (Phi) is 7.67. The van der Waals surface area contributed by atoms with Gasteiger partial charge in [-0.05, 0) is 43.2 Å². The molecule has 0 aliphatic rings. The number of carbonyl (C=O) groups excluding carboxylic acids is 2. The van der Waals surface area contributed by atoms with E-state index >= 15 is 0 Å². The Bertz CT molecular complexity index is 759. The Morgan fingerprint density at radius 3 is 2.33 bits per heavy atom. The fourth-order valence-electron chi connectivity index (χ4n) is 2.65. The number of nitrogens with zero attached hydrogens (tertiary/aromatic N) is 1. The number of benzene rings is 2. The number of likely N-dealkylation sites (N-methyl/N-ethyl adjacent to an activating group) is 1. The molecule has 0 radical (unpaired) electrons. The van der Waals surface area contributed by atoms with E-state index in [4.69, 9.17) is 9.47 Å². The number of anilines is 1. The fraction of sp³-hybridized carbons (Fsp3) is 0.333. The van der Waals surface area contributed by atoms with Gasteiger partial charge in [0, 0.05) is 24.7 Å². The van der Waals surface area contributed by atoms with Crippen LogP contribution in [0.15, 0.2) is 48.5 Å². The van der Waals surface area contributed by atoms with Gasteiger partial charge in [-0.2, -0.15) is 0 Å². The molecule has 2 aromatic carbocycles. The first-order valence-electron chi connectivity index (χ1n) is 8.90. The van der Waals surface area contributed by atoms with Gasteiger partial charge in [0.2, 0.25) is 11.8 Å². The van der Waals surface area contributed by atoms with Crippen LogP contribution in [-0.2, 0) is 16.0 Å². The van der Waals surface area contributed by atoms with Gasteiger partial charge in [-0.1, -0.05) is 18.2 Å². The van der Waals surface area contributed by atoms with Crippen molar-refractivity contribution in [3.05, 3.63) is 54.1 Å². The molecule has 0 bridgehead atoms. The summed E-state index contributed by atoms with van der Waals surface area (Å²) in [6.45, 7) is 2.37. The molecule has 2 rings (SSSR count). The number of nitrogens with one attached hydrogen (secondary N) is 1. The maximum absolute atomic E-state index is 12.5. The van der Waals surface area contributed by atoms with E-state index in [1.54, 1.807) is 43.4 Å². The van der Waals surface area contributed by atoms with Crippen molar-refractivity contribution >= 4 is 17.5 Å². The number of rotatable bonds is 9. The molecular formula is C21H26N2O4. The van der Waals surface area contributed by atoms with E-state index in [2.05, 4.69) is 5.32 Å². The van der Waals surface area contributed by atoms with Gasteiger partial charge in [0.25, 0.3) is 0 Å². The van der Waals surface area contributed by atoms with Crippen LogP contribution < -0.4 is 14.8 Å². The van der Waals surface area contributed by atoms with Gasteiger partial charge in [0.05, 0.1) is 20.8 Å². The first-order chi connectivity index (χ1) is 13.0. The number of carbonyl (C=O) groups is 2. The smallest absolute Gasteiger partial charge is 0.243 e. The van der Waals surface area contributed by atoms with Crippen molar-refractivity contribution in [2.75, 3.05) is 32.6 Å². The number of hydrogen-bond acceptors (Lipinski definition) is 4. The zero-order valence-corrected chi connectivity index (χ0v) is 16.0. The van der Waals surface area contributed by atoms with Crippen molar-refractivity contribution in [1.82, 2.24) is 4.90 Å². The second kappa shape index (κ2) is 10.2. The van der Waals surface area contributed by atoms with E-state index in [0.717, 1.165) is 11.3 Å². The molecule has 1 N–H and O–H groups in total. The van der Waals surface area contributed by atoms with Crippen molar-refractivity contribution in [1.29, 1.82) is 0 Å². The first kappa shape index (κ1) is 20.3. The summed E-state index contributed by atoms with van der Waals surface area (Å²) < 4.78 is 10.3. The van der Waals surface area contributed by atoms with Gasteiger partial charge in [-0.15, -0.1) is 0 Å². The van der Waals surface area contributed by atoms with Crippen molar-refractivity contribution < 1.29 is 19.1 Å². The standard InChI is InChI=1S/C21H26N2O4/c1-4-23(15-20(24)22-17-6-5-7-19(14-17)27-3)21(25)13-10-16-8-11-18(26-2)12-9-16/h5-9,11-12,14H,4,10,13,15H2,1-3H3,(H,22,24). The molecule has 0 heterocycles. The Morgan fingerprint density at radius 1 is 1.00 bits per heavy atom. The summed E-state index contributed by atoms with van der Waals surface area (Å²) in [4.78, 5) is 26.3. The van der Waals surface area contributed by atoms with E-state index in [0.29, 0.717) is 30.8 Å². The highest BCUT2D eigenvalue weighted by Crippen LogP contribution is 2.17. The fourth-order valence-corrected chi connectivity index (χ4v) is 2.65. The molecule has 0 fully saturated rings. The second-order valence-corrected chi connectivity index (χ2v) is 6.04. The zero-order chi connectivity index (χ0) is 19.6. The number of aryl methyl sites for hydroxylation is 1. The van der Waals surface area contributed by atoms with Crippen LogP contribution in [0.1, 0.15) is 18.9 Å². The van der Waals surface area contributed by atoms with E-state index in [9.17, 15) is 9.59 Å². The minimum Gasteiger partial charge on any atom is -0.497 e. The number of methoxy groups -OCH3 is 2. The zero-order valence-electron chi connectivity index (χ0n) is 16.0. The molecule has 6 nitrogen and oxygen atoms in total. The Hall–Kier alpha value is -3.02. The number of hydrogen-bond donors (Lipinski definition) is 1. The molecule has 2 amide bonds. The summed E-state index contributed by atoms with van der Waals surface area (Å²) >= 11 is 0. The quantitative estimate of drug-likeness (QED) is 0.736. The lowest BCUT2D eigenvalue weighted by molar-refractivity contribution is -0.134. The molecule has 0 atom stereocenters. The van der Waals surface area contributed by atoms with E-state index in [1.165, 1.54) is 0 Å². The van der Waals surface area contributed by atoms with Gasteiger partial charge < -0.3 is 19.7 Å². The maximum atomic E-state index is 12.5. The molecule has 6 heteroatoms. The molecular weight excluding hydrogens is 344 g/mol. The van der Waals surface area contributed by atoms with Crippen LogP contribution in [0, 0.1) is 0 Å². The molecule has 0 saturated carbocycles. The molecule has 27 heavy (non-hydrogen) atoms. The predicted octanol–water partition coefficient (Wildman–Crippen LogP) is 3.12. The summed E-state index contributed by atoms with van der Waals surface area (Å²) in [7, 11) is 3.19. The number of amides is 2. The van der Waals surface area contributed by atoms with Crippen LogP contribution >= 0.6 is 0 Å². The van der Waals surface area contributed by atoms with Gasteiger partial charge in [-0.3, -0.25) is 9.59 Å². The third-order valence-electron chi connectivity index (χ3n) is 4.21. The molecule has 144 valence electrons. The van der Waals surface area contributed by atoms with E-state index in [1.807, 2.05) is 31.2 Å². The maximum Gasteiger partial charge on any atom is 0.243 e. The molecule has 0 aromatic heterocycles. The van der Waals surface area contributed by atoms with Crippen LogP contribution in [0.4, 0.5) is 5.69 Å². The van der Waals surface area contributed by atoms with Gasteiger partial charge in [0.1, 0.15) is 11.5 Å². The van der Waals surface area contributed by atoms with Crippen molar-refractivity contribution in [2.24, 2.45) is 0 Å². The third-order valence-corrected chi connectivity index (χ3v) is 4.21. The van der Waals surface area contributed by atoms with E-state index in [-0.39, 0.29) is 18.4 Å². The summed E-state index contributed by atoms with van der Waals surface area (Å²) in [5.41, 5.74) is 1.70. The minimum atomic E-state index is -0.233. The first-order valence-corrected chi connectivity index (χ1v) is 8.90. The monoisotopic (exact) mass is 370 g/mol. The minimum absolute atomic E-state index is 0.0230. The lowest BCUT2D eigenvalue weighted by Gasteiger charge is -2.20. The van der Waals surface area contributed by atoms with Crippen molar-refractivity contribution in [3.8, 4) is 11.5 Å². The predicted molar refractivity (Wildman–Crippen MR) is 105 cm³/mol. The topological polar surface area (TPSA) is 67.9 Å². The van der Waals surface area contributed by atoms with Crippen LogP contribution in [-0.4, -0.2) is 44.0 Å². The normalized spacial score (nSPS) is 10.2. The van der Waals surface area contributed by atoms with Gasteiger partial charge in [0.15, 0.2) is 0 Å². The van der Waals surface area contributed by atoms with Gasteiger partial charge in [-0.25, -0.2) is 0 Å². The Morgan fingerprint density at radius 2 is 1.70 bits per heavy atom. The summed E-state index contributed by atoms with van der Waals surface area (Å²) in [6.07, 6.45) is 0.976. The average Bonchev–Trinajstić information content (AvgIpc) is 2.70. The Labute approximate surface area is 160 Å². The van der Waals surface area contributed by atoms with Crippen LogP contribution in [0.2, 0.25) is 0 Å². The lowest BCUT2D eigenvalue weighted by atomic mass is 10.1. The van der Waals surface area contributed by atoms with Crippen LogP contribution in [0.5, 0.6) is 11.5 Å². The second-order valence-electron chi connectivity index (χ2n) is 6.04. The third kappa shape index (κ3) is 6.33. The molecule has 0 saturated heterocycles. The molecule has 0 spiro atoms. The molecule has 2 aromatic rings. The van der Waals surface area contributed by atoms with Crippen molar-refractivity contribution in [2.45, 2.75) is 19.8 Å². The Balaban J connectivity index is 1.86. The highest BCUT2D eigenvalue weighted by Gasteiger charge is 2.15. The molecule has 0 aliphatic heterocycles. The molecule has 0 aliphatic carbocycles. The van der Waals surface area contributed by atoms with E-state index < -0.39 is 0 Å². The highest BCUT2D eigenvalue weighted by atomic mass is 16.5. The van der Waals surface area contributed by atoms with Crippen molar-refractivity contribution in [3.63, 3.8) is 0 Å². The lowest BCUT2D eigenvalue weighted by Crippen LogP contribution is -2.38. The SMILES string of the molecule is CCN(CC(=O)Nc1cccc(OC)c1)C(=O)CCc1ccc(OC)cc1. The van der Waals surface area contributed by atoms with Crippen LogP contribution in [0.25, 0.3) is 0 Å². The average molecular weight is 370 g/mol.